The van der Waals surface area contributed by atoms with E-state index in [0.717, 1.165) is 11.1 Å². The van der Waals surface area contributed by atoms with E-state index in [-0.39, 0.29) is 17.2 Å². The number of hydrogen-bond acceptors (Lipinski definition) is 4. The quantitative estimate of drug-likeness (QED) is 0.768. The molecule has 1 aromatic rings. The van der Waals surface area contributed by atoms with Crippen molar-refractivity contribution in [2.45, 2.75) is 25.3 Å². The van der Waals surface area contributed by atoms with E-state index in [1.54, 1.807) is 0 Å². The van der Waals surface area contributed by atoms with Gasteiger partial charge in [0.1, 0.15) is 11.5 Å². The van der Waals surface area contributed by atoms with Crippen molar-refractivity contribution in [2.75, 3.05) is 5.01 Å². The van der Waals surface area contributed by atoms with Crippen molar-refractivity contribution in [3.63, 3.8) is 0 Å². The van der Waals surface area contributed by atoms with Crippen molar-refractivity contribution in [2.24, 2.45) is 9.98 Å². The van der Waals surface area contributed by atoms with Gasteiger partial charge in [-0.3, -0.25) is 10.4 Å². The summed E-state index contributed by atoms with van der Waals surface area (Å²) in [6.07, 6.45) is -8.16. The summed E-state index contributed by atoms with van der Waals surface area (Å²) in [5.74, 6) is -2.80. The minimum atomic E-state index is -4.75. The fraction of sp³-hybridized carbons (Fsp3) is 0.286. The van der Waals surface area contributed by atoms with Crippen LogP contribution in [0, 0.1) is 5.82 Å². The Morgan fingerprint density at radius 3 is 2.28 bits per heavy atom. The highest BCUT2D eigenvalue weighted by atomic mass is 19.4. The van der Waals surface area contributed by atoms with Gasteiger partial charge in [0.05, 0.1) is 17.3 Å². The second kappa shape index (κ2) is 5.46. The first-order chi connectivity index (χ1) is 11.5. The molecule has 2 aliphatic heterocycles. The van der Waals surface area contributed by atoms with Crippen molar-refractivity contribution in [3.05, 3.63) is 41.4 Å². The lowest BCUT2D eigenvalue weighted by molar-refractivity contribution is -0.137. The molecule has 0 spiro atoms. The summed E-state index contributed by atoms with van der Waals surface area (Å²) >= 11 is 0. The number of amidine groups is 2. The maximum atomic E-state index is 14.1. The number of anilines is 1. The normalized spacial score (nSPS) is 20.6. The Labute approximate surface area is 136 Å². The second-order valence-electron chi connectivity index (χ2n) is 5.33. The molecule has 1 unspecified atom stereocenters. The van der Waals surface area contributed by atoms with E-state index >= 15 is 0 Å². The Balaban J connectivity index is 1.93. The van der Waals surface area contributed by atoms with Gasteiger partial charge in [0.2, 0.25) is 5.84 Å². The first-order valence-corrected chi connectivity index (χ1v) is 6.86. The SMILES string of the molecule is CC1C=C2N=C(C(F)(F)F)N=C2NN1c1ccc(C(F)(F)F)cc1F. The van der Waals surface area contributed by atoms with Gasteiger partial charge in [-0.15, -0.1) is 0 Å². The van der Waals surface area contributed by atoms with Crippen molar-refractivity contribution in [3.8, 4) is 0 Å². The molecule has 1 N–H and O–H groups in total. The van der Waals surface area contributed by atoms with Crippen LogP contribution in [-0.4, -0.2) is 23.9 Å². The average molecular weight is 366 g/mol. The summed E-state index contributed by atoms with van der Waals surface area (Å²) in [6, 6.07) is 1.20. The Kier molecular flexibility index (Phi) is 3.77. The van der Waals surface area contributed by atoms with Gasteiger partial charge in [-0.1, -0.05) is 0 Å². The smallest absolute Gasteiger partial charge is 0.279 e. The fourth-order valence-corrected chi connectivity index (χ4v) is 2.36. The van der Waals surface area contributed by atoms with Crippen LogP contribution in [0.1, 0.15) is 12.5 Å². The molecule has 0 saturated heterocycles. The number of alkyl halides is 6. The zero-order valence-corrected chi connectivity index (χ0v) is 12.4. The van der Waals surface area contributed by atoms with E-state index in [1.165, 1.54) is 13.0 Å². The van der Waals surface area contributed by atoms with Crippen molar-refractivity contribution < 1.29 is 30.7 Å². The van der Waals surface area contributed by atoms with Gasteiger partial charge in [0.15, 0.2) is 5.84 Å². The molecule has 0 saturated carbocycles. The maximum absolute atomic E-state index is 14.1. The van der Waals surface area contributed by atoms with Crippen molar-refractivity contribution >= 4 is 17.4 Å². The van der Waals surface area contributed by atoms with Crippen LogP contribution in [0.4, 0.5) is 36.4 Å². The Morgan fingerprint density at radius 2 is 1.72 bits per heavy atom. The van der Waals surface area contributed by atoms with Crippen LogP contribution in [0.25, 0.3) is 0 Å². The molecule has 0 aromatic heterocycles. The lowest BCUT2D eigenvalue weighted by Gasteiger charge is -2.34. The van der Waals surface area contributed by atoms with Crippen LogP contribution in [-0.2, 0) is 6.18 Å². The second-order valence-corrected chi connectivity index (χ2v) is 5.33. The van der Waals surface area contributed by atoms with Gasteiger partial charge in [0.25, 0.3) is 0 Å². The van der Waals surface area contributed by atoms with E-state index in [0.29, 0.717) is 12.1 Å². The number of nitrogens with one attached hydrogen (secondary N) is 1. The minimum Gasteiger partial charge on any atom is -0.279 e. The predicted molar refractivity (Wildman–Crippen MR) is 75.5 cm³/mol. The van der Waals surface area contributed by atoms with E-state index in [2.05, 4.69) is 15.4 Å². The highest BCUT2D eigenvalue weighted by Crippen LogP contribution is 2.33. The van der Waals surface area contributed by atoms with Crippen LogP contribution in [0.2, 0.25) is 0 Å². The third-order valence-corrected chi connectivity index (χ3v) is 3.51. The summed E-state index contributed by atoms with van der Waals surface area (Å²) in [4.78, 5) is 6.64. The monoisotopic (exact) mass is 366 g/mol. The van der Waals surface area contributed by atoms with Gasteiger partial charge in [0, 0.05) is 0 Å². The highest BCUT2D eigenvalue weighted by molar-refractivity contribution is 6.14. The standard InChI is InChI=1S/C14H9F7N4/c1-6-4-9-11(23-12(22-9)14(19,20)21)24-25(6)10-3-2-7(5-8(10)15)13(16,17)18/h2-6H,1H3,(H,22,23,24). The fourth-order valence-electron chi connectivity index (χ4n) is 2.36. The molecule has 0 aliphatic carbocycles. The summed E-state index contributed by atoms with van der Waals surface area (Å²) in [5.41, 5.74) is 0.960. The lowest BCUT2D eigenvalue weighted by atomic mass is 10.1. The molecule has 3 rings (SSSR count). The molecule has 0 fully saturated rings. The van der Waals surface area contributed by atoms with Crippen molar-refractivity contribution in [1.29, 1.82) is 0 Å². The van der Waals surface area contributed by atoms with Crippen LogP contribution < -0.4 is 10.4 Å². The molecule has 2 heterocycles. The number of hydrogen-bond donors (Lipinski definition) is 1. The largest absolute Gasteiger partial charge is 0.451 e. The zero-order valence-electron chi connectivity index (χ0n) is 12.4. The molecule has 4 nitrogen and oxygen atoms in total. The molecular formula is C14H9F7N4. The molecule has 1 atom stereocenters. The van der Waals surface area contributed by atoms with Crippen LogP contribution in [0.5, 0.6) is 0 Å². The average Bonchev–Trinajstić information content (AvgIpc) is 2.88. The topological polar surface area (TPSA) is 40.0 Å². The van der Waals surface area contributed by atoms with Gasteiger partial charge in [-0.25, -0.2) is 14.4 Å². The Morgan fingerprint density at radius 1 is 1.04 bits per heavy atom. The first kappa shape index (κ1) is 17.2. The van der Waals surface area contributed by atoms with E-state index in [4.69, 9.17) is 0 Å². The number of hydrazine groups is 1. The summed E-state index contributed by atoms with van der Waals surface area (Å²) in [6.45, 7) is 1.51. The summed E-state index contributed by atoms with van der Waals surface area (Å²) < 4.78 is 89.9. The summed E-state index contributed by atoms with van der Waals surface area (Å²) in [5, 5.41) is 1.08. The van der Waals surface area contributed by atoms with E-state index in [9.17, 15) is 30.7 Å². The minimum absolute atomic E-state index is 0.0663. The molecule has 0 amide bonds. The van der Waals surface area contributed by atoms with Crippen LogP contribution >= 0.6 is 0 Å². The van der Waals surface area contributed by atoms with Crippen molar-refractivity contribution in [1.82, 2.24) is 5.43 Å². The molecule has 0 radical (unpaired) electrons. The Hall–Kier alpha value is -2.59. The number of aliphatic imine (C=N–C) groups is 2. The van der Waals surface area contributed by atoms with Gasteiger partial charge >= 0.3 is 12.4 Å². The lowest BCUT2D eigenvalue weighted by Crippen LogP contribution is -2.51. The van der Waals surface area contributed by atoms with Gasteiger partial charge in [-0.05, 0) is 31.2 Å². The number of benzene rings is 1. The molecule has 2 aliphatic rings. The van der Waals surface area contributed by atoms with Crippen LogP contribution in [0.3, 0.4) is 0 Å². The predicted octanol–water partition coefficient (Wildman–Crippen LogP) is 3.81. The number of halogens is 7. The molecule has 25 heavy (non-hydrogen) atoms. The number of fused-ring (bicyclic) bond motifs is 1. The maximum Gasteiger partial charge on any atom is 0.451 e. The van der Waals surface area contributed by atoms with E-state index < -0.39 is 35.6 Å². The zero-order chi connectivity index (χ0) is 18.6. The first-order valence-electron chi connectivity index (χ1n) is 6.86. The molecular weight excluding hydrogens is 357 g/mol. The third kappa shape index (κ3) is 3.17. The molecule has 134 valence electrons. The van der Waals surface area contributed by atoms with Gasteiger partial charge in [-0.2, -0.15) is 26.3 Å². The van der Waals surface area contributed by atoms with Gasteiger partial charge < -0.3 is 0 Å². The highest BCUT2D eigenvalue weighted by Gasteiger charge is 2.41. The molecule has 0 bridgehead atoms. The number of nitrogens with zero attached hydrogens (tertiary/aromatic N) is 3. The molecule has 1 aromatic carbocycles. The Bertz CT molecular complexity index is 804. The molecule has 11 heteroatoms. The van der Waals surface area contributed by atoms with Crippen LogP contribution in [0.15, 0.2) is 40.0 Å². The third-order valence-electron chi connectivity index (χ3n) is 3.51. The van der Waals surface area contributed by atoms with E-state index in [1.807, 2.05) is 0 Å². The number of rotatable bonds is 1. The summed E-state index contributed by atoms with van der Waals surface area (Å²) in [7, 11) is 0.